The van der Waals surface area contributed by atoms with E-state index in [4.69, 9.17) is 4.98 Å². The summed E-state index contributed by atoms with van der Waals surface area (Å²) in [7, 11) is 0. The van der Waals surface area contributed by atoms with Crippen molar-refractivity contribution >= 4 is 23.4 Å². The number of benzene rings is 3. The summed E-state index contributed by atoms with van der Waals surface area (Å²) in [4.78, 5) is 17.5. The number of nitrogens with one attached hydrogen (secondary N) is 1. The Morgan fingerprint density at radius 1 is 0.875 bits per heavy atom. The maximum Gasteiger partial charge on any atom is 0.237 e. The lowest BCUT2D eigenvalue weighted by molar-refractivity contribution is -0.115. The number of thioether (sulfide) groups is 1. The fraction of sp³-hybridized carbons (Fsp3) is 0.0800. The van der Waals surface area contributed by atoms with Gasteiger partial charge in [-0.3, -0.25) is 4.79 Å². The van der Waals surface area contributed by atoms with Crippen molar-refractivity contribution in [3.8, 4) is 28.6 Å². The lowest BCUT2D eigenvalue weighted by atomic mass is 10.0. The Morgan fingerprint density at radius 2 is 1.47 bits per heavy atom. The number of carbonyl (C=O) groups excluding carboxylic acids is 1. The van der Waals surface area contributed by atoms with Crippen LogP contribution in [-0.4, -0.2) is 26.3 Å². The van der Waals surface area contributed by atoms with Crippen molar-refractivity contribution in [2.24, 2.45) is 0 Å². The first-order valence-corrected chi connectivity index (χ1v) is 10.9. The molecule has 0 aliphatic heterocycles. The van der Waals surface area contributed by atoms with Crippen LogP contribution in [0, 0.1) is 11.3 Å². The molecule has 1 atom stereocenters. The molecule has 1 amide bonds. The minimum atomic E-state index is -0.491. The number of amides is 1. The van der Waals surface area contributed by atoms with E-state index in [2.05, 4.69) is 21.6 Å². The number of nitriles is 1. The van der Waals surface area contributed by atoms with Crippen molar-refractivity contribution in [3.63, 3.8) is 0 Å². The van der Waals surface area contributed by atoms with E-state index in [1.165, 1.54) is 11.8 Å². The van der Waals surface area contributed by atoms with Crippen LogP contribution in [0.1, 0.15) is 12.5 Å². The Morgan fingerprint density at radius 3 is 2.12 bits per heavy atom. The van der Waals surface area contributed by atoms with Gasteiger partial charge in [0.05, 0.1) is 16.5 Å². The third kappa shape index (κ3) is 4.82. The highest BCUT2D eigenvalue weighted by Gasteiger charge is 2.20. The second-order valence-corrected chi connectivity index (χ2v) is 8.24. The number of carbonyl (C=O) groups is 1. The molecule has 0 aliphatic rings. The number of aromatic nitrogens is 3. The monoisotopic (exact) mass is 437 g/mol. The molecule has 1 heterocycles. The smallest absolute Gasteiger partial charge is 0.237 e. The number of hydrogen-bond acceptors (Lipinski definition) is 6. The van der Waals surface area contributed by atoms with Crippen LogP contribution < -0.4 is 5.32 Å². The van der Waals surface area contributed by atoms with E-state index in [1.54, 1.807) is 31.2 Å². The molecule has 4 aromatic rings. The molecule has 0 aliphatic carbocycles. The zero-order valence-electron chi connectivity index (χ0n) is 17.3. The summed E-state index contributed by atoms with van der Waals surface area (Å²) in [5.74, 6) is -0.241. The van der Waals surface area contributed by atoms with Gasteiger partial charge >= 0.3 is 0 Å². The quantitative estimate of drug-likeness (QED) is 0.417. The average Bonchev–Trinajstić information content (AvgIpc) is 2.85. The second kappa shape index (κ2) is 9.86. The number of rotatable bonds is 6. The van der Waals surface area contributed by atoms with E-state index in [0.29, 0.717) is 27.8 Å². The summed E-state index contributed by atoms with van der Waals surface area (Å²) in [5, 5.41) is 20.7. The molecule has 1 N–H and O–H groups in total. The van der Waals surface area contributed by atoms with Crippen molar-refractivity contribution in [2.75, 3.05) is 5.32 Å². The Bertz CT molecular complexity index is 1270. The molecular weight excluding hydrogens is 418 g/mol. The molecule has 0 bridgehead atoms. The van der Waals surface area contributed by atoms with Gasteiger partial charge < -0.3 is 5.32 Å². The number of hydrogen-bond donors (Lipinski definition) is 1. The predicted octanol–water partition coefficient (Wildman–Crippen LogP) is 5.20. The van der Waals surface area contributed by atoms with Gasteiger partial charge in [0.2, 0.25) is 11.1 Å². The Balaban J connectivity index is 1.60. The van der Waals surface area contributed by atoms with Crippen LogP contribution in [0.15, 0.2) is 90.1 Å². The van der Waals surface area contributed by atoms with E-state index < -0.39 is 5.25 Å². The summed E-state index contributed by atoms with van der Waals surface area (Å²) < 4.78 is 0. The van der Waals surface area contributed by atoms with Crippen molar-refractivity contribution in [1.29, 1.82) is 5.26 Å². The number of nitrogens with zero attached hydrogens (tertiary/aromatic N) is 4. The molecule has 1 unspecified atom stereocenters. The summed E-state index contributed by atoms with van der Waals surface area (Å²) in [6.45, 7) is 1.77. The van der Waals surface area contributed by atoms with E-state index in [1.807, 2.05) is 60.7 Å². The zero-order chi connectivity index (χ0) is 22.3. The highest BCUT2D eigenvalue weighted by atomic mass is 32.2. The third-order valence-corrected chi connectivity index (χ3v) is 5.67. The van der Waals surface area contributed by atoms with Gasteiger partial charge in [-0.1, -0.05) is 84.6 Å². The highest BCUT2D eigenvalue weighted by molar-refractivity contribution is 8.00. The van der Waals surface area contributed by atoms with Gasteiger partial charge in [0.25, 0.3) is 0 Å². The third-order valence-electron chi connectivity index (χ3n) is 4.72. The van der Waals surface area contributed by atoms with Crippen molar-refractivity contribution in [1.82, 2.24) is 15.2 Å². The Labute approximate surface area is 190 Å². The van der Waals surface area contributed by atoms with Gasteiger partial charge in [-0.15, -0.1) is 10.2 Å². The number of anilines is 1. The van der Waals surface area contributed by atoms with Crippen molar-refractivity contribution in [2.45, 2.75) is 17.3 Å². The molecule has 1 aromatic heterocycles. The molecule has 156 valence electrons. The van der Waals surface area contributed by atoms with Crippen LogP contribution in [0.2, 0.25) is 0 Å². The first-order valence-electron chi connectivity index (χ1n) is 9.98. The van der Waals surface area contributed by atoms with Gasteiger partial charge in [0, 0.05) is 11.1 Å². The Hall–Kier alpha value is -4.02. The summed E-state index contributed by atoms with van der Waals surface area (Å²) in [6, 6.07) is 28.5. The van der Waals surface area contributed by atoms with E-state index in [-0.39, 0.29) is 5.91 Å². The van der Waals surface area contributed by atoms with Crippen LogP contribution >= 0.6 is 11.8 Å². The molecule has 3 aromatic carbocycles. The van der Waals surface area contributed by atoms with Crippen LogP contribution in [0.25, 0.3) is 22.5 Å². The zero-order valence-corrected chi connectivity index (χ0v) is 18.1. The maximum atomic E-state index is 12.7. The first-order chi connectivity index (χ1) is 15.7. The van der Waals surface area contributed by atoms with Crippen molar-refractivity contribution in [3.05, 3.63) is 90.5 Å². The fourth-order valence-electron chi connectivity index (χ4n) is 3.08. The molecule has 32 heavy (non-hydrogen) atoms. The molecule has 0 fully saturated rings. The second-order valence-electron chi connectivity index (χ2n) is 6.93. The Kier molecular flexibility index (Phi) is 6.54. The van der Waals surface area contributed by atoms with Crippen LogP contribution in [0.5, 0.6) is 0 Å². The van der Waals surface area contributed by atoms with Crippen molar-refractivity contribution < 1.29 is 4.79 Å². The molecule has 0 spiro atoms. The molecular formula is C25H19N5OS. The summed E-state index contributed by atoms with van der Waals surface area (Å²) >= 11 is 1.22. The minimum Gasteiger partial charge on any atom is -0.324 e. The first kappa shape index (κ1) is 21.2. The van der Waals surface area contributed by atoms with E-state index in [0.717, 1.165) is 11.1 Å². The van der Waals surface area contributed by atoms with Crippen LogP contribution in [-0.2, 0) is 4.79 Å². The van der Waals surface area contributed by atoms with Gasteiger partial charge in [0.15, 0.2) is 0 Å². The van der Waals surface area contributed by atoms with E-state index in [9.17, 15) is 10.1 Å². The maximum absolute atomic E-state index is 12.7. The minimum absolute atomic E-state index is 0.241. The van der Waals surface area contributed by atoms with E-state index >= 15 is 0 Å². The van der Waals surface area contributed by atoms with Gasteiger partial charge in [-0.05, 0) is 19.1 Å². The standard InChI is InChI=1S/C25H19N5OS/c1-17(24(31)27-21-15-9-8-14-20(21)16-26)32-25-28-22(18-10-4-2-5-11-18)23(29-30-25)19-12-6-3-7-13-19/h2-15,17H,1H3,(H,27,31). The van der Waals surface area contributed by atoms with Gasteiger partial charge in [-0.2, -0.15) is 5.26 Å². The lowest BCUT2D eigenvalue weighted by Crippen LogP contribution is -2.23. The normalized spacial score (nSPS) is 11.4. The average molecular weight is 438 g/mol. The molecule has 4 rings (SSSR count). The topological polar surface area (TPSA) is 91.6 Å². The molecule has 0 radical (unpaired) electrons. The molecule has 6 nitrogen and oxygen atoms in total. The SMILES string of the molecule is CC(Sc1nnc(-c2ccccc2)c(-c2ccccc2)n1)C(=O)Nc1ccccc1C#N. The summed E-state index contributed by atoms with van der Waals surface area (Å²) in [5.41, 5.74) is 4.12. The molecule has 0 saturated heterocycles. The van der Waals surface area contributed by atoms with Crippen LogP contribution in [0.4, 0.5) is 5.69 Å². The predicted molar refractivity (Wildman–Crippen MR) is 126 cm³/mol. The lowest BCUT2D eigenvalue weighted by Gasteiger charge is -2.13. The van der Waals surface area contributed by atoms with Crippen LogP contribution in [0.3, 0.4) is 0 Å². The fourth-order valence-corrected chi connectivity index (χ4v) is 3.80. The van der Waals surface area contributed by atoms with Gasteiger partial charge in [-0.25, -0.2) is 4.98 Å². The van der Waals surface area contributed by atoms with Gasteiger partial charge in [0.1, 0.15) is 17.5 Å². The number of para-hydroxylation sites is 1. The molecule has 7 heteroatoms. The highest BCUT2D eigenvalue weighted by Crippen LogP contribution is 2.30. The molecule has 0 saturated carbocycles. The summed E-state index contributed by atoms with van der Waals surface area (Å²) in [6.07, 6.45) is 0. The largest absolute Gasteiger partial charge is 0.324 e.